The maximum Gasteiger partial charge on any atom is 0.329 e. The van der Waals surface area contributed by atoms with Crippen molar-refractivity contribution in [2.45, 2.75) is 13.8 Å². The van der Waals surface area contributed by atoms with E-state index >= 15 is 0 Å². The Labute approximate surface area is 110 Å². The molecule has 0 saturated heterocycles. The molecule has 5 nitrogen and oxygen atoms in total. The Balaban J connectivity index is 2.41. The SMILES string of the molecule is CC(C)CNC(=O)C(=O)N/N=C/c1ccc(F)cc1. The predicted molar refractivity (Wildman–Crippen MR) is 70.0 cm³/mol. The lowest BCUT2D eigenvalue weighted by Crippen LogP contribution is -2.39. The average Bonchev–Trinajstić information content (AvgIpc) is 2.38. The van der Waals surface area contributed by atoms with Crippen LogP contribution >= 0.6 is 0 Å². The molecular formula is C13H16FN3O2. The molecule has 102 valence electrons. The Morgan fingerprint density at radius 1 is 1.26 bits per heavy atom. The summed E-state index contributed by atoms with van der Waals surface area (Å²) in [6.07, 6.45) is 1.33. The molecule has 0 aliphatic carbocycles. The molecule has 19 heavy (non-hydrogen) atoms. The highest BCUT2D eigenvalue weighted by Gasteiger charge is 2.11. The van der Waals surface area contributed by atoms with Crippen molar-refractivity contribution < 1.29 is 14.0 Å². The Bertz CT molecular complexity index is 469. The monoisotopic (exact) mass is 265 g/mol. The quantitative estimate of drug-likeness (QED) is 0.485. The van der Waals surface area contributed by atoms with Crippen LogP contribution in [0.15, 0.2) is 29.4 Å². The highest BCUT2D eigenvalue weighted by Crippen LogP contribution is 1.99. The van der Waals surface area contributed by atoms with Gasteiger partial charge in [0.15, 0.2) is 0 Å². The van der Waals surface area contributed by atoms with Crippen molar-refractivity contribution in [1.29, 1.82) is 0 Å². The van der Waals surface area contributed by atoms with Crippen molar-refractivity contribution in [3.63, 3.8) is 0 Å². The van der Waals surface area contributed by atoms with E-state index < -0.39 is 11.8 Å². The number of amides is 2. The molecule has 1 aromatic rings. The number of hydrogen-bond acceptors (Lipinski definition) is 3. The normalized spacial score (nSPS) is 10.7. The smallest absolute Gasteiger partial charge is 0.329 e. The number of halogens is 1. The summed E-state index contributed by atoms with van der Waals surface area (Å²) in [4.78, 5) is 22.6. The molecule has 0 spiro atoms. The van der Waals surface area contributed by atoms with Gasteiger partial charge in [-0.25, -0.2) is 9.82 Å². The molecule has 0 saturated carbocycles. The third kappa shape index (κ3) is 5.76. The standard InChI is InChI=1S/C13H16FN3O2/c1-9(2)7-15-12(18)13(19)17-16-8-10-3-5-11(14)6-4-10/h3-6,8-9H,7H2,1-2H3,(H,15,18)(H,17,19)/b16-8+. The highest BCUT2D eigenvalue weighted by molar-refractivity contribution is 6.35. The van der Waals surface area contributed by atoms with Crippen molar-refractivity contribution in [2.24, 2.45) is 11.0 Å². The molecule has 0 atom stereocenters. The molecule has 0 aliphatic heterocycles. The molecule has 0 aliphatic rings. The largest absolute Gasteiger partial charge is 0.348 e. The van der Waals surface area contributed by atoms with Gasteiger partial charge in [0.2, 0.25) is 0 Å². The van der Waals surface area contributed by atoms with E-state index in [-0.39, 0.29) is 11.7 Å². The van der Waals surface area contributed by atoms with Gasteiger partial charge in [-0.15, -0.1) is 0 Å². The van der Waals surface area contributed by atoms with Crippen LogP contribution in [0.25, 0.3) is 0 Å². The van der Waals surface area contributed by atoms with Crippen LogP contribution in [-0.2, 0) is 9.59 Å². The fourth-order valence-corrected chi connectivity index (χ4v) is 1.14. The summed E-state index contributed by atoms with van der Waals surface area (Å²) in [5, 5.41) is 6.08. The summed E-state index contributed by atoms with van der Waals surface area (Å²) in [7, 11) is 0. The summed E-state index contributed by atoms with van der Waals surface area (Å²) < 4.78 is 12.6. The minimum Gasteiger partial charge on any atom is -0.348 e. The zero-order chi connectivity index (χ0) is 14.3. The number of hydrogen-bond donors (Lipinski definition) is 2. The molecule has 2 N–H and O–H groups in total. The Morgan fingerprint density at radius 3 is 2.47 bits per heavy atom. The molecule has 1 rings (SSSR count). The van der Waals surface area contributed by atoms with Gasteiger partial charge in [-0.3, -0.25) is 9.59 Å². The minimum atomic E-state index is -0.834. The maximum atomic E-state index is 12.6. The lowest BCUT2D eigenvalue weighted by atomic mass is 10.2. The van der Waals surface area contributed by atoms with E-state index in [1.807, 2.05) is 13.8 Å². The average molecular weight is 265 g/mol. The second kappa shape index (κ2) is 7.25. The van der Waals surface area contributed by atoms with Gasteiger partial charge < -0.3 is 5.32 Å². The van der Waals surface area contributed by atoms with Gasteiger partial charge in [0, 0.05) is 6.54 Å². The molecule has 2 amide bonds. The number of carbonyl (C=O) groups is 2. The minimum absolute atomic E-state index is 0.263. The molecule has 0 heterocycles. The van der Waals surface area contributed by atoms with E-state index in [0.717, 1.165) is 0 Å². The first-order chi connectivity index (χ1) is 8.99. The van der Waals surface area contributed by atoms with Gasteiger partial charge in [-0.1, -0.05) is 26.0 Å². The van der Waals surface area contributed by atoms with E-state index in [2.05, 4.69) is 15.8 Å². The second-order valence-electron chi connectivity index (χ2n) is 4.35. The molecule has 0 fully saturated rings. The molecule has 1 aromatic carbocycles. The lowest BCUT2D eigenvalue weighted by Gasteiger charge is -2.05. The summed E-state index contributed by atoms with van der Waals surface area (Å²) in [5.41, 5.74) is 2.71. The van der Waals surface area contributed by atoms with Gasteiger partial charge in [-0.2, -0.15) is 5.10 Å². The first-order valence-corrected chi connectivity index (χ1v) is 5.86. The van der Waals surface area contributed by atoms with Crippen LogP contribution in [0.5, 0.6) is 0 Å². The van der Waals surface area contributed by atoms with Gasteiger partial charge in [0.1, 0.15) is 5.82 Å². The van der Waals surface area contributed by atoms with Crippen molar-refractivity contribution in [3.05, 3.63) is 35.6 Å². The topological polar surface area (TPSA) is 70.6 Å². The van der Waals surface area contributed by atoms with Gasteiger partial charge in [0.25, 0.3) is 0 Å². The van der Waals surface area contributed by atoms with Crippen LogP contribution in [0.3, 0.4) is 0 Å². The van der Waals surface area contributed by atoms with Crippen molar-refractivity contribution in [1.82, 2.24) is 10.7 Å². The van der Waals surface area contributed by atoms with E-state index in [1.165, 1.54) is 30.5 Å². The summed E-state index contributed by atoms with van der Waals surface area (Å²) in [6.45, 7) is 4.27. The first kappa shape index (κ1) is 14.8. The number of nitrogens with one attached hydrogen (secondary N) is 2. The number of benzene rings is 1. The van der Waals surface area contributed by atoms with Crippen LogP contribution in [0, 0.1) is 11.7 Å². The van der Waals surface area contributed by atoms with Crippen molar-refractivity contribution >= 4 is 18.0 Å². The summed E-state index contributed by atoms with van der Waals surface area (Å²) in [5.74, 6) is -1.65. The fraction of sp³-hybridized carbons (Fsp3) is 0.308. The zero-order valence-electron chi connectivity index (χ0n) is 10.8. The summed E-state index contributed by atoms with van der Waals surface area (Å²) in [6, 6.07) is 5.56. The van der Waals surface area contributed by atoms with Crippen LogP contribution in [0.4, 0.5) is 4.39 Å². The predicted octanol–water partition coefficient (Wildman–Crippen LogP) is 1.05. The number of nitrogens with zero attached hydrogens (tertiary/aromatic N) is 1. The lowest BCUT2D eigenvalue weighted by molar-refractivity contribution is -0.139. The fourth-order valence-electron chi connectivity index (χ4n) is 1.14. The van der Waals surface area contributed by atoms with Crippen LogP contribution in [-0.4, -0.2) is 24.6 Å². The Kier molecular flexibility index (Phi) is 5.66. The van der Waals surface area contributed by atoms with Crippen molar-refractivity contribution in [3.8, 4) is 0 Å². The highest BCUT2D eigenvalue weighted by atomic mass is 19.1. The van der Waals surface area contributed by atoms with E-state index in [4.69, 9.17) is 0 Å². The van der Waals surface area contributed by atoms with E-state index in [0.29, 0.717) is 12.1 Å². The zero-order valence-corrected chi connectivity index (χ0v) is 10.8. The van der Waals surface area contributed by atoms with Crippen LogP contribution < -0.4 is 10.7 Å². The molecule has 0 aromatic heterocycles. The van der Waals surface area contributed by atoms with Crippen LogP contribution in [0.2, 0.25) is 0 Å². The van der Waals surface area contributed by atoms with Crippen LogP contribution in [0.1, 0.15) is 19.4 Å². The molecular weight excluding hydrogens is 249 g/mol. The molecule has 0 radical (unpaired) electrons. The third-order valence-corrected chi connectivity index (χ3v) is 2.13. The second-order valence-corrected chi connectivity index (χ2v) is 4.35. The van der Waals surface area contributed by atoms with Crippen molar-refractivity contribution in [2.75, 3.05) is 6.54 Å². The number of carbonyl (C=O) groups excluding carboxylic acids is 2. The maximum absolute atomic E-state index is 12.6. The Morgan fingerprint density at radius 2 is 1.89 bits per heavy atom. The van der Waals surface area contributed by atoms with Gasteiger partial charge >= 0.3 is 11.8 Å². The molecule has 0 unspecified atom stereocenters. The first-order valence-electron chi connectivity index (χ1n) is 5.86. The van der Waals surface area contributed by atoms with Gasteiger partial charge in [0.05, 0.1) is 6.21 Å². The van der Waals surface area contributed by atoms with E-state index in [9.17, 15) is 14.0 Å². The van der Waals surface area contributed by atoms with Gasteiger partial charge in [-0.05, 0) is 23.6 Å². The summed E-state index contributed by atoms with van der Waals surface area (Å²) >= 11 is 0. The number of hydrazone groups is 1. The third-order valence-electron chi connectivity index (χ3n) is 2.13. The van der Waals surface area contributed by atoms with E-state index in [1.54, 1.807) is 0 Å². The molecule has 0 bridgehead atoms. The molecule has 6 heteroatoms. The number of rotatable bonds is 4. The Hall–Kier alpha value is -2.24.